The molecule has 0 bridgehead atoms. The minimum atomic E-state index is -0.658. The fourth-order valence-corrected chi connectivity index (χ4v) is 1.98. The van der Waals surface area contributed by atoms with Crippen LogP contribution in [0.15, 0.2) is 54.6 Å². The summed E-state index contributed by atoms with van der Waals surface area (Å²) in [4.78, 5) is 12.5. The van der Waals surface area contributed by atoms with Gasteiger partial charge in [-0.15, -0.1) is 0 Å². The second kappa shape index (κ2) is 4.73. The molecule has 0 saturated heterocycles. The highest BCUT2D eigenvalue weighted by Gasteiger charge is 2.30. The highest BCUT2D eigenvalue weighted by Crippen LogP contribution is 2.27. The fourth-order valence-electron chi connectivity index (χ4n) is 1.98. The molecular weight excluding hydrogens is 227 g/mol. The van der Waals surface area contributed by atoms with Crippen molar-refractivity contribution in [3.63, 3.8) is 0 Å². The summed E-state index contributed by atoms with van der Waals surface area (Å²) in [6.45, 7) is 3.71. The van der Waals surface area contributed by atoms with Crippen LogP contribution in [0.4, 0.5) is 4.39 Å². The van der Waals surface area contributed by atoms with Gasteiger partial charge in [-0.25, -0.2) is 4.39 Å². The molecule has 0 aromatic heterocycles. The van der Waals surface area contributed by atoms with Crippen molar-refractivity contribution < 1.29 is 9.18 Å². The summed E-state index contributed by atoms with van der Waals surface area (Å²) in [6.07, 6.45) is 0. The van der Waals surface area contributed by atoms with Crippen molar-refractivity contribution in [2.75, 3.05) is 0 Å². The molecule has 2 aromatic carbocycles. The van der Waals surface area contributed by atoms with Gasteiger partial charge in [-0.2, -0.15) is 0 Å². The van der Waals surface area contributed by atoms with Crippen LogP contribution in [-0.2, 0) is 5.41 Å². The number of ketones is 1. The zero-order chi connectivity index (χ0) is 13.2. The van der Waals surface area contributed by atoms with E-state index >= 15 is 0 Å². The third-order valence-corrected chi connectivity index (χ3v) is 3.15. The second-order valence-electron chi connectivity index (χ2n) is 4.83. The Labute approximate surface area is 106 Å². The summed E-state index contributed by atoms with van der Waals surface area (Å²) >= 11 is 0. The molecule has 0 saturated carbocycles. The van der Waals surface area contributed by atoms with Gasteiger partial charge in [0.25, 0.3) is 0 Å². The minimum absolute atomic E-state index is 0.0757. The van der Waals surface area contributed by atoms with Crippen LogP contribution < -0.4 is 0 Å². The van der Waals surface area contributed by atoms with Crippen LogP contribution in [0.1, 0.15) is 29.8 Å². The van der Waals surface area contributed by atoms with Gasteiger partial charge in [0, 0.05) is 5.56 Å². The first-order chi connectivity index (χ1) is 8.51. The zero-order valence-corrected chi connectivity index (χ0v) is 10.5. The Hall–Kier alpha value is -1.96. The number of carbonyl (C=O) groups is 1. The van der Waals surface area contributed by atoms with Gasteiger partial charge in [-0.05, 0) is 31.5 Å². The van der Waals surface area contributed by atoms with E-state index in [1.165, 1.54) is 12.1 Å². The number of Topliss-reactive ketones (excluding diaryl/α,β-unsaturated/α-hetero) is 1. The monoisotopic (exact) mass is 242 g/mol. The van der Waals surface area contributed by atoms with E-state index in [4.69, 9.17) is 0 Å². The summed E-state index contributed by atoms with van der Waals surface area (Å²) in [5.74, 6) is -0.460. The van der Waals surface area contributed by atoms with Crippen LogP contribution >= 0.6 is 0 Å². The molecule has 18 heavy (non-hydrogen) atoms. The molecule has 0 aliphatic carbocycles. The van der Waals surface area contributed by atoms with Crippen molar-refractivity contribution in [3.8, 4) is 0 Å². The number of benzene rings is 2. The Morgan fingerprint density at radius 2 is 1.67 bits per heavy atom. The first-order valence-corrected chi connectivity index (χ1v) is 5.88. The lowest BCUT2D eigenvalue weighted by Crippen LogP contribution is -2.29. The van der Waals surface area contributed by atoms with Crippen molar-refractivity contribution >= 4 is 5.78 Å². The Bertz CT molecular complexity index is 558. The summed E-state index contributed by atoms with van der Waals surface area (Å²) < 4.78 is 13.2. The normalized spacial score (nSPS) is 11.3. The standard InChI is InChI=1S/C16H15FO/c1-16(2,13-8-4-3-5-9-13)15(18)12-7-6-10-14(17)11-12/h3-11H,1-2H3. The third-order valence-electron chi connectivity index (χ3n) is 3.15. The lowest BCUT2D eigenvalue weighted by atomic mass is 9.78. The lowest BCUT2D eigenvalue weighted by molar-refractivity contribution is 0.0908. The van der Waals surface area contributed by atoms with E-state index in [1.807, 2.05) is 44.2 Å². The number of carbonyl (C=O) groups excluding carboxylic acids is 1. The van der Waals surface area contributed by atoms with Crippen molar-refractivity contribution in [2.45, 2.75) is 19.3 Å². The molecule has 0 fully saturated rings. The molecule has 0 aliphatic rings. The maximum atomic E-state index is 13.2. The summed E-state index contributed by atoms with van der Waals surface area (Å²) in [5, 5.41) is 0. The van der Waals surface area contributed by atoms with Gasteiger partial charge in [-0.1, -0.05) is 42.5 Å². The Morgan fingerprint density at radius 1 is 1.00 bits per heavy atom. The maximum Gasteiger partial charge on any atom is 0.172 e. The molecule has 92 valence electrons. The first kappa shape index (κ1) is 12.5. The SMILES string of the molecule is CC(C)(C(=O)c1cccc(F)c1)c1ccccc1. The molecule has 1 nitrogen and oxygen atoms in total. The maximum absolute atomic E-state index is 13.2. The van der Waals surface area contributed by atoms with Crippen LogP contribution in [0.5, 0.6) is 0 Å². The average molecular weight is 242 g/mol. The average Bonchev–Trinajstić information content (AvgIpc) is 2.39. The van der Waals surface area contributed by atoms with Gasteiger partial charge < -0.3 is 0 Å². The highest BCUT2D eigenvalue weighted by molar-refractivity contribution is 6.03. The third kappa shape index (κ3) is 2.33. The minimum Gasteiger partial charge on any atom is -0.293 e. The number of hydrogen-bond donors (Lipinski definition) is 0. The second-order valence-corrected chi connectivity index (χ2v) is 4.83. The molecule has 0 amide bonds. The molecule has 0 heterocycles. The van der Waals surface area contributed by atoms with Crippen LogP contribution in [0, 0.1) is 5.82 Å². The Balaban J connectivity index is 2.39. The quantitative estimate of drug-likeness (QED) is 0.744. The van der Waals surface area contributed by atoms with E-state index in [2.05, 4.69) is 0 Å². The van der Waals surface area contributed by atoms with Crippen molar-refractivity contribution in [1.29, 1.82) is 0 Å². The topological polar surface area (TPSA) is 17.1 Å². The lowest BCUT2D eigenvalue weighted by Gasteiger charge is -2.23. The number of rotatable bonds is 3. The van der Waals surface area contributed by atoms with Crippen LogP contribution in [0.2, 0.25) is 0 Å². The molecule has 0 radical (unpaired) electrons. The van der Waals surface area contributed by atoms with E-state index in [1.54, 1.807) is 12.1 Å². The summed E-state index contributed by atoms with van der Waals surface area (Å²) in [5.41, 5.74) is 0.679. The van der Waals surface area contributed by atoms with Crippen molar-refractivity contribution in [1.82, 2.24) is 0 Å². The van der Waals surface area contributed by atoms with Gasteiger partial charge in [0.2, 0.25) is 0 Å². The van der Waals surface area contributed by atoms with Gasteiger partial charge in [-0.3, -0.25) is 4.79 Å². The fraction of sp³-hybridized carbons (Fsp3) is 0.188. The highest BCUT2D eigenvalue weighted by atomic mass is 19.1. The first-order valence-electron chi connectivity index (χ1n) is 5.88. The van der Waals surface area contributed by atoms with Gasteiger partial charge >= 0.3 is 0 Å². The molecule has 0 unspecified atom stereocenters. The molecule has 2 rings (SSSR count). The Kier molecular flexibility index (Phi) is 3.28. The van der Waals surface area contributed by atoms with Crippen LogP contribution in [0.3, 0.4) is 0 Å². The summed E-state index contributed by atoms with van der Waals surface area (Å²) in [7, 11) is 0. The molecule has 2 heteroatoms. The predicted octanol–water partition coefficient (Wildman–Crippen LogP) is 3.99. The molecule has 0 N–H and O–H groups in total. The molecule has 0 aliphatic heterocycles. The predicted molar refractivity (Wildman–Crippen MR) is 70.2 cm³/mol. The molecule has 0 atom stereocenters. The smallest absolute Gasteiger partial charge is 0.172 e. The number of halogens is 1. The van der Waals surface area contributed by atoms with E-state index in [-0.39, 0.29) is 11.6 Å². The van der Waals surface area contributed by atoms with E-state index in [0.29, 0.717) is 5.56 Å². The molecule has 0 spiro atoms. The van der Waals surface area contributed by atoms with Gasteiger partial charge in [0.15, 0.2) is 5.78 Å². The van der Waals surface area contributed by atoms with Gasteiger partial charge in [0.05, 0.1) is 5.41 Å². The van der Waals surface area contributed by atoms with Crippen LogP contribution in [-0.4, -0.2) is 5.78 Å². The zero-order valence-electron chi connectivity index (χ0n) is 10.5. The van der Waals surface area contributed by atoms with E-state index < -0.39 is 5.41 Å². The summed E-state index contributed by atoms with van der Waals surface area (Å²) in [6, 6.07) is 15.4. The van der Waals surface area contributed by atoms with Gasteiger partial charge in [0.1, 0.15) is 5.82 Å². The van der Waals surface area contributed by atoms with Crippen molar-refractivity contribution in [2.24, 2.45) is 0 Å². The number of hydrogen-bond acceptors (Lipinski definition) is 1. The van der Waals surface area contributed by atoms with E-state index in [0.717, 1.165) is 5.56 Å². The Morgan fingerprint density at radius 3 is 2.28 bits per heavy atom. The molecule has 2 aromatic rings. The van der Waals surface area contributed by atoms with E-state index in [9.17, 15) is 9.18 Å². The molecular formula is C16H15FO. The largest absolute Gasteiger partial charge is 0.293 e. The van der Waals surface area contributed by atoms with Crippen molar-refractivity contribution in [3.05, 3.63) is 71.5 Å². The van der Waals surface area contributed by atoms with Crippen LogP contribution in [0.25, 0.3) is 0 Å².